The highest BCUT2D eigenvalue weighted by atomic mass is 79.9. The van der Waals surface area contributed by atoms with Gasteiger partial charge >= 0.3 is 0 Å². The summed E-state index contributed by atoms with van der Waals surface area (Å²) < 4.78 is 11.4. The monoisotopic (exact) mass is 338 g/mol. The van der Waals surface area contributed by atoms with Gasteiger partial charge in [-0.25, -0.2) is 0 Å². The van der Waals surface area contributed by atoms with Gasteiger partial charge in [0.05, 0.1) is 0 Å². The topological polar surface area (TPSA) is 18.5 Å². The quantitative estimate of drug-likeness (QED) is 0.560. The molecule has 0 N–H and O–H groups in total. The van der Waals surface area contributed by atoms with Gasteiger partial charge in [0, 0.05) is 19.6 Å². The molecule has 0 amide bonds. The summed E-state index contributed by atoms with van der Waals surface area (Å²) in [6, 6.07) is 0. The maximum Gasteiger partial charge on any atom is 0.163 e. The molecule has 6 unspecified atom stereocenters. The first-order valence-corrected chi connectivity index (χ1v) is 8.78. The van der Waals surface area contributed by atoms with Gasteiger partial charge in [0.2, 0.25) is 0 Å². The summed E-state index contributed by atoms with van der Waals surface area (Å²) in [5, 5.41) is 0. The van der Waals surface area contributed by atoms with Crippen LogP contribution in [0.3, 0.4) is 0 Å². The molecule has 0 aromatic carbocycles. The van der Waals surface area contributed by atoms with E-state index in [1.54, 1.807) is 7.11 Å². The lowest BCUT2D eigenvalue weighted by molar-refractivity contribution is 0.0260. The van der Waals surface area contributed by atoms with Gasteiger partial charge < -0.3 is 9.47 Å². The van der Waals surface area contributed by atoms with Gasteiger partial charge in [0.1, 0.15) is 11.9 Å². The maximum atomic E-state index is 6.39. The molecule has 6 atom stereocenters. The van der Waals surface area contributed by atoms with Crippen LogP contribution < -0.4 is 0 Å². The van der Waals surface area contributed by atoms with Gasteiger partial charge in [-0.1, -0.05) is 12.5 Å². The molecule has 4 aliphatic rings. The van der Waals surface area contributed by atoms with Gasteiger partial charge in [0.25, 0.3) is 0 Å². The summed E-state index contributed by atoms with van der Waals surface area (Å²) in [5.74, 6) is 4.86. The van der Waals surface area contributed by atoms with Gasteiger partial charge in [-0.15, -0.1) is 0 Å². The van der Waals surface area contributed by atoms with Gasteiger partial charge in [-0.05, 0) is 71.4 Å². The van der Waals surface area contributed by atoms with Crippen LogP contribution in [0.15, 0.2) is 24.0 Å². The standard InChI is InChI=1S/C17H23BrO2/c1-19-17(18)7-3-4-12(10-17)20-16-9-11-8-15(16)14-6-2-5-13(11)14/h3,7,10-11,13-16H,2,4-6,8-9H2,1H3. The number of allylic oxidation sites excluding steroid dienone is 1. The molecular formula is C17H23BrO2. The summed E-state index contributed by atoms with van der Waals surface area (Å²) >= 11 is 3.61. The summed E-state index contributed by atoms with van der Waals surface area (Å²) in [7, 11) is 1.72. The number of rotatable bonds is 3. The van der Waals surface area contributed by atoms with Crippen molar-refractivity contribution in [1.29, 1.82) is 0 Å². The molecule has 0 radical (unpaired) electrons. The molecule has 0 aliphatic heterocycles. The fraction of sp³-hybridized carbons (Fsp3) is 0.765. The Balaban J connectivity index is 1.46. The Morgan fingerprint density at radius 1 is 1.20 bits per heavy atom. The normalized spacial score (nSPS) is 49.3. The second-order valence-corrected chi connectivity index (χ2v) is 8.17. The maximum absolute atomic E-state index is 6.39. The Labute approximate surface area is 129 Å². The Kier molecular flexibility index (Phi) is 3.26. The van der Waals surface area contributed by atoms with E-state index < -0.39 is 4.51 Å². The van der Waals surface area contributed by atoms with Crippen LogP contribution in [0, 0.1) is 23.7 Å². The molecule has 3 saturated carbocycles. The van der Waals surface area contributed by atoms with E-state index in [0.717, 1.165) is 35.9 Å². The first kappa shape index (κ1) is 13.4. The van der Waals surface area contributed by atoms with E-state index in [4.69, 9.17) is 9.47 Å². The zero-order valence-corrected chi connectivity index (χ0v) is 13.6. The molecule has 0 aromatic heterocycles. The number of halogens is 1. The number of hydrogen-bond acceptors (Lipinski definition) is 2. The third-order valence-corrected chi connectivity index (χ3v) is 6.82. The average Bonchev–Trinajstić information content (AvgIpc) is 3.10. The number of ether oxygens (including phenoxy) is 2. The van der Waals surface area contributed by atoms with E-state index in [-0.39, 0.29) is 0 Å². The first-order valence-electron chi connectivity index (χ1n) is 7.99. The molecule has 2 nitrogen and oxygen atoms in total. The van der Waals surface area contributed by atoms with Gasteiger partial charge in [-0.2, -0.15) is 0 Å². The molecule has 0 aromatic rings. The third-order valence-electron chi connectivity index (χ3n) is 6.01. The molecular weight excluding hydrogens is 316 g/mol. The fourth-order valence-electron chi connectivity index (χ4n) is 5.21. The summed E-state index contributed by atoms with van der Waals surface area (Å²) in [4.78, 5) is 0. The van der Waals surface area contributed by atoms with Gasteiger partial charge in [0.15, 0.2) is 4.51 Å². The van der Waals surface area contributed by atoms with Crippen LogP contribution in [-0.4, -0.2) is 17.7 Å². The second kappa shape index (κ2) is 4.88. The van der Waals surface area contributed by atoms with E-state index in [0.29, 0.717) is 6.10 Å². The lowest BCUT2D eigenvalue weighted by Gasteiger charge is -2.33. The lowest BCUT2D eigenvalue weighted by atomic mass is 9.80. The predicted molar refractivity (Wildman–Crippen MR) is 82.4 cm³/mol. The predicted octanol–water partition coefficient (Wildman–Crippen LogP) is 4.41. The van der Waals surface area contributed by atoms with Crippen LogP contribution in [0.1, 0.15) is 38.5 Å². The van der Waals surface area contributed by atoms with E-state index in [1.165, 1.54) is 32.1 Å². The first-order chi connectivity index (χ1) is 9.68. The SMILES string of the molecule is COC1(Br)C=CCC(OC2CC3CC2C2CCCC32)=C1. The smallest absolute Gasteiger partial charge is 0.163 e. The van der Waals surface area contributed by atoms with E-state index in [1.807, 2.05) is 6.08 Å². The van der Waals surface area contributed by atoms with Crippen LogP contribution >= 0.6 is 15.9 Å². The van der Waals surface area contributed by atoms with Crippen molar-refractivity contribution in [2.75, 3.05) is 7.11 Å². The molecule has 20 heavy (non-hydrogen) atoms. The lowest BCUT2D eigenvalue weighted by Crippen LogP contribution is -2.31. The van der Waals surface area contributed by atoms with Crippen molar-refractivity contribution in [3.8, 4) is 0 Å². The van der Waals surface area contributed by atoms with E-state index >= 15 is 0 Å². The summed E-state index contributed by atoms with van der Waals surface area (Å²) in [6.45, 7) is 0. The molecule has 2 bridgehead atoms. The molecule has 0 heterocycles. The molecule has 0 saturated heterocycles. The number of methoxy groups -OCH3 is 1. The van der Waals surface area contributed by atoms with Gasteiger partial charge in [-0.3, -0.25) is 0 Å². The third kappa shape index (κ3) is 2.09. The number of fused-ring (bicyclic) bond motifs is 5. The molecule has 0 spiro atoms. The minimum atomic E-state index is -0.464. The fourth-order valence-corrected chi connectivity index (χ4v) is 5.65. The Morgan fingerprint density at radius 3 is 2.90 bits per heavy atom. The Bertz CT molecular complexity index is 458. The minimum absolute atomic E-state index is 0.464. The van der Waals surface area contributed by atoms with E-state index in [9.17, 15) is 0 Å². The van der Waals surface area contributed by atoms with Crippen LogP contribution in [0.2, 0.25) is 0 Å². The van der Waals surface area contributed by atoms with Crippen LogP contribution in [0.5, 0.6) is 0 Å². The number of alkyl halides is 1. The van der Waals surface area contributed by atoms with Crippen molar-refractivity contribution in [2.24, 2.45) is 23.7 Å². The Morgan fingerprint density at radius 2 is 2.05 bits per heavy atom. The molecule has 4 aliphatic carbocycles. The largest absolute Gasteiger partial charge is 0.494 e. The van der Waals surface area contributed by atoms with E-state index in [2.05, 4.69) is 28.1 Å². The van der Waals surface area contributed by atoms with Crippen LogP contribution in [0.25, 0.3) is 0 Å². The molecule has 110 valence electrons. The molecule has 4 rings (SSSR count). The van der Waals surface area contributed by atoms with Crippen LogP contribution in [-0.2, 0) is 9.47 Å². The van der Waals surface area contributed by atoms with Crippen molar-refractivity contribution in [1.82, 2.24) is 0 Å². The van der Waals surface area contributed by atoms with Crippen molar-refractivity contribution in [3.05, 3.63) is 24.0 Å². The molecule has 3 fully saturated rings. The second-order valence-electron chi connectivity index (χ2n) is 6.93. The highest BCUT2D eigenvalue weighted by molar-refractivity contribution is 9.10. The summed E-state index contributed by atoms with van der Waals surface area (Å²) in [5.41, 5.74) is 0. The van der Waals surface area contributed by atoms with Crippen molar-refractivity contribution >= 4 is 15.9 Å². The zero-order chi connectivity index (χ0) is 13.7. The highest BCUT2D eigenvalue weighted by Gasteiger charge is 2.54. The highest BCUT2D eigenvalue weighted by Crippen LogP contribution is 2.59. The van der Waals surface area contributed by atoms with Crippen molar-refractivity contribution in [2.45, 2.75) is 49.1 Å². The minimum Gasteiger partial charge on any atom is -0.494 e. The number of hydrogen-bond donors (Lipinski definition) is 0. The van der Waals surface area contributed by atoms with Crippen molar-refractivity contribution < 1.29 is 9.47 Å². The average molecular weight is 339 g/mol. The van der Waals surface area contributed by atoms with Crippen LogP contribution in [0.4, 0.5) is 0 Å². The summed E-state index contributed by atoms with van der Waals surface area (Å²) in [6.07, 6.45) is 14.7. The Hall–Kier alpha value is -0.280. The zero-order valence-electron chi connectivity index (χ0n) is 12.1. The molecule has 3 heteroatoms. The van der Waals surface area contributed by atoms with Crippen molar-refractivity contribution in [3.63, 3.8) is 0 Å².